The number of nitrogens with zero attached hydrogens (tertiary/aromatic N) is 1. The summed E-state index contributed by atoms with van der Waals surface area (Å²) in [5.74, 6) is 0.987. The topological polar surface area (TPSA) is 38.5 Å². The predicted molar refractivity (Wildman–Crippen MR) is 77.1 cm³/mol. The van der Waals surface area contributed by atoms with Gasteiger partial charge >= 0.3 is 0 Å². The fourth-order valence-corrected chi connectivity index (χ4v) is 2.52. The summed E-state index contributed by atoms with van der Waals surface area (Å²) in [7, 11) is 3.82. The first-order valence-electron chi connectivity index (χ1n) is 6.34. The lowest BCUT2D eigenvalue weighted by atomic mass is 10.0. The monoisotopic (exact) mass is 250 g/mol. The summed E-state index contributed by atoms with van der Waals surface area (Å²) in [6.45, 7) is 10.1. The Bertz CT molecular complexity index is 384. The van der Waals surface area contributed by atoms with Crippen molar-refractivity contribution in [3.8, 4) is 5.75 Å². The quantitative estimate of drug-likeness (QED) is 0.872. The highest BCUT2D eigenvalue weighted by Gasteiger charge is 2.14. The Morgan fingerprint density at radius 1 is 1.22 bits per heavy atom. The number of hydrogen-bond acceptors (Lipinski definition) is 3. The molecule has 0 spiro atoms. The van der Waals surface area contributed by atoms with Gasteiger partial charge in [-0.15, -0.1) is 0 Å². The van der Waals surface area contributed by atoms with Crippen molar-refractivity contribution in [2.24, 2.45) is 5.73 Å². The number of benzene rings is 1. The predicted octanol–water partition coefficient (Wildman–Crippen LogP) is 2.48. The second-order valence-electron chi connectivity index (χ2n) is 5.92. The van der Waals surface area contributed by atoms with Crippen LogP contribution >= 0.6 is 0 Å². The first-order valence-corrected chi connectivity index (χ1v) is 6.34. The van der Waals surface area contributed by atoms with Gasteiger partial charge in [0.25, 0.3) is 0 Å². The Morgan fingerprint density at radius 2 is 1.72 bits per heavy atom. The fraction of sp³-hybridized carbons (Fsp3) is 0.600. The molecule has 3 nitrogen and oxygen atoms in total. The van der Waals surface area contributed by atoms with Crippen LogP contribution in [0, 0.1) is 13.8 Å². The van der Waals surface area contributed by atoms with E-state index in [9.17, 15) is 0 Å². The molecule has 0 unspecified atom stereocenters. The summed E-state index contributed by atoms with van der Waals surface area (Å²) in [6.07, 6.45) is 0. The minimum atomic E-state index is -0.161. The third-order valence-corrected chi connectivity index (χ3v) is 2.85. The maximum absolute atomic E-state index is 6.03. The van der Waals surface area contributed by atoms with Gasteiger partial charge < -0.3 is 15.4 Å². The van der Waals surface area contributed by atoms with Crippen LogP contribution in [0.2, 0.25) is 0 Å². The minimum absolute atomic E-state index is 0.161. The zero-order valence-corrected chi connectivity index (χ0v) is 12.5. The first kappa shape index (κ1) is 15.0. The number of ether oxygens (including phenoxy) is 1. The highest BCUT2D eigenvalue weighted by atomic mass is 16.5. The maximum atomic E-state index is 6.03. The molecule has 1 aromatic rings. The lowest BCUT2D eigenvalue weighted by Gasteiger charge is -2.26. The second kappa shape index (κ2) is 5.72. The normalized spacial score (nSPS) is 12.0. The van der Waals surface area contributed by atoms with Crippen molar-refractivity contribution in [3.63, 3.8) is 0 Å². The van der Waals surface area contributed by atoms with Gasteiger partial charge in [-0.2, -0.15) is 0 Å². The van der Waals surface area contributed by atoms with Crippen molar-refractivity contribution in [2.45, 2.75) is 39.8 Å². The molecular weight excluding hydrogens is 224 g/mol. The standard InChI is InChI=1S/C15H26N2O/c1-11-7-13(8-12(2)14(11)18-6)9-17(5)10-15(3,4)16/h7-8H,9-10,16H2,1-6H3. The Labute approximate surface area is 111 Å². The van der Waals surface area contributed by atoms with Gasteiger partial charge in [0.2, 0.25) is 0 Å². The molecule has 0 aliphatic rings. The van der Waals surface area contributed by atoms with Crippen molar-refractivity contribution in [3.05, 3.63) is 28.8 Å². The summed E-state index contributed by atoms with van der Waals surface area (Å²) in [6, 6.07) is 4.37. The van der Waals surface area contributed by atoms with Crippen LogP contribution in [0.5, 0.6) is 5.75 Å². The average Bonchev–Trinajstić information content (AvgIpc) is 2.13. The lowest BCUT2D eigenvalue weighted by Crippen LogP contribution is -2.43. The van der Waals surface area contributed by atoms with E-state index in [4.69, 9.17) is 10.5 Å². The average molecular weight is 250 g/mol. The Kier molecular flexibility index (Phi) is 4.77. The molecule has 0 aliphatic heterocycles. The zero-order valence-electron chi connectivity index (χ0n) is 12.5. The van der Waals surface area contributed by atoms with Crippen LogP contribution in [0.4, 0.5) is 0 Å². The van der Waals surface area contributed by atoms with Crippen LogP contribution in [-0.2, 0) is 6.54 Å². The fourth-order valence-electron chi connectivity index (χ4n) is 2.52. The zero-order chi connectivity index (χ0) is 13.9. The van der Waals surface area contributed by atoms with E-state index in [1.807, 2.05) is 13.8 Å². The van der Waals surface area contributed by atoms with Crippen LogP contribution in [0.15, 0.2) is 12.1 Å². The highest BCUT2D eigenvalue weighted by Crippen LogP contribution is 2.24. The smallest absolute Gasteiger partial charge is 0.124 e. The molecule has 3 heteroatoms. The molecule has 0 saturated heterocycles. The minimum Gasteiger partial charge on any atom is -0.496 e. The van der Waals surface area contributed by atoms with Crippen LogP contribution in [0.1, 0.15) is 30.5 Å². The summed E-state index contributed by atoms with van der Waals surface area (Å²) < 4.78 is 5.38. The van der Waals surface area contributed by atoms with E-state index in [1.54, 1.807) is 7.11 Å². The summed E-state index contributed by atoms with van der Waals surface area (Å²) in [4.78, 5) is 2.25. The molecule has 0 amide bonds. The van der Waals surface area contributed by atoms with Crippen molar-refractivity contribution < 1.29 is 4.74 Å². The molecule has 0 saturated carbocycles. The third-order valence-electron chi connectivity index (χ3n) is 2.85. The Hall–Kier alpha value is -1.06. The van der Waals surface area contributed by atoms with Gasteiger partial charge in [0.05, 0.1) is 7.11 Å². The summed E-state index contributed by atoms with van der Waals surface area (Å²) >= 11 is 0. The maximum Gasteiger partial charge on any atom is 0.124 e. The number of likely N-dealkylation sites (N-methyl/N-ethyl adjacent to an activating group) is 1. The molecule has 18 heavy (non-hydrogen) atoms. The van der Waals surface area contributed by atoms with Crippen LogP contribution in [0.25, 0.3) is 0 Å². The molecule has 0 fully saturated rings. The van der Waals surface area contributed by atoms with Crippen molar-refractivity contribution >= 4 is 0 Å². The van der Waals surface area contributed by atoms with Gasteiger partial charge in [-0.25, -0.2) is 0 Å². The van der Waals surface area contributed by atoms with Crippen molar-refractivity contribution in [1.82, 2.24) is 4.90 Å². The Balaban J connectivity index is 2.80. The molecular formula is C15H26N2O. The van der Waals surface area contributed by atoms with Gasteiger partial charge in [0.1, 0.15) is 5.75 Å². The SMILES string of the molecule is COc1c(C)cc(CN(C)CC(C)(C)N)cc1C. The van der Waals surface area contributed by atoms with Gasteiger partial charge in [0, 0.05) is 18.6 Å². The van der Waals surface area contributed by atoms with E-state index < -0.39 is 0 Å². The number of aryl methyl sites for hydroxylation is 2. The van der Waals surface area contributed by atoms with E-state index in [-0.39, 0.29) is 5.54 Å². The molecule has 0 aliphatic carbocycles. The van der Waals surface area contributed by atoms with E-state index in [2.05, 4.69) is 37.9 Å². The molecule has 0 bridgehead atoms. The first-order chi connectivity index (χ1) is 8.23. The number of nitrogens with two attached hydrogens (primary N) is 1. The summed E-state index contributed by atoms with van der Waals surface area (Å²) in [5.41, 5.74) is 9.55. The van der Waals surface area contributed by atoms with Crippen molar-refractivity contribution in [2.75, 3.05) is 20.7 Å². The largest absolute Gasteiger partial charge is 0.496 e. The molecule has 0 atom stereocenters. The third kappa shape index (κ3) is 4.31. The molecule has 1 rings (SSSR count). The van der Waals surface area contributed by atoms with Gasteiger partial charge in [-0.1, -0.05) is 12.1 Å². The molecule has 0 aromatic heterocycles. The molecule has 0 heterocycles. The molecule has 1 aromatic carbocycles. The Morgan fingerprint density at radius 3 is 2.11 bits per heavy atom. The van der Waals surface area contributed by atoms with Gasteiger partial charge in [-0.3, -0.25) is 0 Å². The van der Waals surface area contributed by atoms with Gasteiger partial charge in [-0.05, 0) is 51.4 Å². The number of hydrogen-bond donors (Lipinski definition) is 1. The van der Waals surface area contributed by atoms with E-state index in [1.165, 1.54) is 16.7 Å². The molecule has 102 valence electrons. The molecule has 0 radical (unpaired) electrons. The number of rotatable bonds is 5. The molecule has 2 N–H and O–H groups in total. The van der Waals surface area contributed by atoms with Crippen LogP contribution in [-0.4, -0.2) is 31.1 Å². The van der Waals surface area contributed by atoms with E-state index in [0.29, 0.717) is 0 Å². The lowest BCUT2D eigenvalue weighted by molar-refractivity contribution is 0.263. The number of methoxy groups -OCH3 is 1. The van der Waals surface area contributed by atoms with Crippen molar-refractivity contribution in [1.29, 1.82) is 0 Å². The highest BCUT2D eigenvalue weighted by molar-refractivity contribution is 5.43. The van der Waals surface area contributed by atoms with Gasteiger partial charge in [0.15, 0.2) is 0 Å². The summed E-state index contributed by atoms with van der Waals surface area (Å²) in [5, 5.41) is 0. The van der Waals surface area contributed by atoms with Crippen LogP contribution < -0.4 is 10.5 Å². The van der Waals surface area contributed by atoms with Crippen LogP contribution in [0.3, 0.4) is 0 Å². The van der Waals surface area contributed by atoms with E-state index >= 15 is 0 Å². The second-order valence-corrected chi connectivity index (χ2v) is 5.92. The van der Waals surface area contributed by atoms with E-state index in [0.717, 1.165) is 18.8 Å².